The lowest BCUT2D eigenvalue weighted by Crippen LogP contribution is -2.30. The summed E-state index contributed by atoms with van der Waals surface area (Å²) in [5.74, 6) is 1.38. The molecule has 0 amide bonds. The molecule has 0 radical (unpaired) electrons. The van der Waals surface area contributed by atoms with Crippen LogP contribution in [-0.4, -0.2) is 18.1 Å². The molecule has 3 heteroatoms. The number of aryl methyl sites for hydroxylation is 1. The fourth-order valence-electron chi connectivity index (χ4n) is 3.19. The zero-order valence-electron chi connectivity index (χ0n) is 15.3. The summed E-state index contributed by atoms with van der Waals surface area (Å²) in [6.07, 6.45) is 4.23. The Balaban J connectivity index is 2.30. The average molecular weight is 328 g/mol. The van der Waals surface area contributed by atoms with Crippen molar-refractivity contribution in [2.24, 2.45) is 5.92 Å². The summed E-state index contributed by atoms with van der Waals surface area (Å²) in [4.78, 5) is 6.83. The van der Waals surface area contributed by atoms with E-state index in [1.165, 1.54) is 18.4 Å². The summed E-state index contributed by atoms with van der Waals surface area (Å²) in [5.41, 5.74) is 3.94. The lowest BCUT2D eigenvalue weighted by atomic mass is 10.0. The molecular formula is C21H29FN2. The number of rotatable bonds is 8. The van der Waals surface area contributed by atoms with Crippen molar-refractivity contribution in [2.75, 3.05) is 18.0 Å². The summed E-state index contributed by atoms with van der Waals surface area (Å²) in [6, 6.07) is 10.2. The van der Waals surface area contributed by atoms with Gasteiger partial charge in [-0.3, -0.25) is 0 Å². The average Bonchev–Trinajstić information content (AvgIpc) is 2.59. The van der Waals surface area contributed by atoms with Crippen LogP contribution in [0.1, 0.15) is 44.7 Å². The molecule has 1 aromatic carbocycles. The molecule has 1 unspecified atom stereocenters. The maximum atomic E-state index is 13.7. The van der Waals surface area contributed by atoms with Crippen LogP contribution in [0, 0.1) is 12.8 Å². The highest BCUT2D eigenvalue weighted by molar-refractivity contribution is 5.66. The molecule has 0 aliphatic heterocycles. The zero-order valence-corrected chi connectivity index (χ0v) is 15.3. The fraction of sp³-hybridized carbons (Fsp3) is 0.476. The van der Waals surface area contributed by atoms with Crippen LogP contribution >= 0.6 is 0 Å². The number of anilines is 1. The highest BCUT2D eigenvalue weighted by atomic mass is 19.1. The predicted molar refractivity (Wildman–Crippen MR) is 101 cm³/mol. The number of alkyl halides is 1. The maximum absolute atomic E-state index is 13.7. The van der Waals surface area contributed by atoms with Crippen molar-refractivity contribution < 1.29 is 4.39 Å². The van der Waals surface area contributed by atoms with Gasteiger partial charge in [0.05, 0.1) is 0 Å². The minimum absolute atomic E-state index is 0.485. The van der Waals surface area contributed by atoms with Crippen LogP contribution < -0.4 is 4.90 Å². The van der Waals surface area contributed by atoms with Crippen LogP contribution in [0.5, 0.6) is 0 Å². The number of hydrogen-bond donors (Lipinski definition) is 0. The van der Waals surface area contributed by atoms with E-state index in [4.69, 9.17) is 0 Å². The molecule has 0 spiro atoms. The van der Waals surface area contributed by atoms with Crippen LogP contribution in [-0.2, 0) is 6.67 Å². The minimum Gasteiger partial charge on any atom is -0.356 e. The van der Waals surface area contributed by atoms with Crippen molar-refractivity contribution in [3.8, 4) is 11.1 Å². The maximum Gasteiger partial charge on any atom is 0.134 e. The molecule has 1 atom stereocenters. The van der Waals surface area contributed by atoms with E-state index in [9.17, 15) is 4.39 Å². The van der Waals surface area contributed by atoms with E-state index in [1.807, 2.05) is 24.4 Å². The van der Waals surface area contributed by atoms with Gasteiger partial charge in [-0.1, -0.05) is 50.1 Å². The van der Waals surface area contributed by atoms with Crippen molar-refractivity contribution in [1.29, 1.82) is 0 Å². The van der Waals surface area contributed by atoms with E-state index < -0.39 is 6.67 Å². The monoisotopic (exact) mass is 328 g/mol. The molecule has 0 saturated carbocycles. The lowest BCUT2D eigenvalue weighted by molar-refractivity contribution is 0.478. The van der Waals surface area contributed by atoms with Gasteiger partial charge in [0.2, 0.25) is 0 Å². The Morgan fingerprint density at radius 2 is 1.96 bits per heavy atom. The number of pyridine rings is 1. The van der Waals surface area contributed by atoms with Crippen molar-refractivity contribution in [2.45, 2.75) is 47.2 Å². The lowest BCUT2D eigenvalue weighted by Gasteiger charge is -2.27. The third-order valence-electron chi connectivity index (χ3n) is 4.43. The van der Waals surface area contributed by atoms with E-state index >= 15 is 0 Å². The van der Waals surface area contributed by atoms with E-state index in [0.29, 0.717) is 11.5 Å². The number of halogens is 1. The van der Waals surface area contributed by atoms with Gasteiger partial charge >= 0.3 is 0 Å². The summed E-state index contributed by atoms with van der Waals surface area (Å²) >= 11 is 0. The highest BCUT2D eigenvalue weighted by Gasteiger charge is 2.15. The number of hydrogen-bond acceptors (Lipinski definition) is 2. The third kappa shape index (κ3) is 4.56. The second-order valence-electron chi connectivity index (χ2n) is 6.64. The van der Waals surface area contributed by atoms with Gasteiger partial charge in [-0.25, -0.2) is 9.37 Å². The molecule has 2 nitrogen and oxygen atoms in total. The van der Waals surface area contributed by atoms with E-state index in [-0.39, 0.29) is 0 Å². The standard InChI is InChI=1S/C21H29FN2/c1-5-8-17(4)15-24(6-2)21-19(13-22)12-20(14-23-21)18-10-7-9-16(3)11-18/h7,9-12,14,17H,5-6,8,13,15H2,1-4H3. The summed E-state index contributed by atoms with van der Waals surface area (Å²) in [6.45, 7) is 9.91. The highest BCUT2D eigenvalue weighted by Crippen LogP contribution is 2.27. The first kappa shape index (κ1) is 18.4. The Bertz CT molecular complexity index is 654. The van der Waals surface area contributed by atoms with Crippen molar-refractivity contribution >= 4 is 5.82 Å². The molecule has 0 saturated heterocycles. The van der Waals surface area contributed by atoms with Gasteiger partial charge in [0, 0.05) is 30.4 Å². The van der Waals surface area contributed by atoms with Gasteiger partial charge < -0.3 is 4.90 Å². The van der Waals surface area contributed by atoms with Gasteiger partial charge in [0.15, 0.2) is 0 Å². The topological polar surface area (TPSA) is 16.1 Å². The zero-order chi connectivity index (χ0) is 17.5. The van der Waals surface area contributed by atoms with E-state index in [2.05, 4.69) is 49.7 Å². The molecule has 130 valence electrons. The Morgan fingerprint density at radius 1 is 1.17 bits per heavy atom. The van der Waals surface area contributed by atoms with Crippen molar-refractivity contribution in [1.82, 2.24) is 4.98 Å². The fourth-order valence-corrected chi connectivity index (χ4v) is 3.19. The largest absolute Gasteiger partial charge is 0.356 e. The molecule has 1 aromatic heterocycles. The van der Waals surface area contributed by atoms with Crippen LogP contribution in [0.25, 0.3) is 11.1 Å². The SMILES string of the molecule is CCCC(C)CN(CC)c1ncc(-c2cccc(C)c2)cc1CF. The first-order valence-electron chi connectivity index (χ1n) is 8.95. The third-order valence-corrected chi connectivity index (χ3v) is 4.43. The molecular weight excluding hydrogens is 299 g/mol. The number of aromatic nitrogens is 1. The second-order valence-corrected chi connectivity index (χ2v) is 6.64. The molecule has 24 heavy (non-hydrogen) atoms. The quantitative estimate of drug-likeness (QED) is 0.610. The first-order valence-corrected chi connectivity index (χ1v) is 8.95. The van der Waals surface area contributed by atoms with Crippen molar-refractivity contribution in [3.05, 3.63) is 47.7 Å². The summed E-state index contributed by atoms with van der Waals surface area (Å²) < 4.78 is 13.7. The number of nitrogens with zero attached hydrogens (tertiary/aromatic N) is 2. The summed E-state index contributed by atoms with van der Waals surface area (Å²) in [7, 11) is 0. The smallest absolute Gasteiger partial charge is 0.134 e. The Labute approximate surface area is 145 Å². The molecule has 0 bridgehead atoms. The molecule has 0 fully saturated rings. The Morgan fingerprint density at radius 3 is 2.58 bits per heavy atom. The van der Waals surface area contributed by atoms with E-state index in [1.54, 1.807) is 0 Å². The first-order chi connectivity index (χ1) is 11.6. The van der Waals surface area contributed by atoms with E-state index in [0.717, 1.165) is 30.0 Å². The van der Waals surface area contributed by atoms with Crippen molar-refractivity contribution in [3.63, 3.8) is 0 Å². The van der Waals surface area contributed by atoms with Crippen LogP contribution in [0.15, 0.2) is 36.5 Å². The van der Waals surface area contributed by atoms with Gasteiger partial charge in [-0.2, -0.15) is 0 Å². The molecule has 2 rings (SSSR count). The van der Waals surface area contributed by atoms with Gasteiger partial charge in [0.1, 0.15) is 12.5 Å². The number of benzene rings is 1. The molecule has 0 aliphatic carbocycles. The Hall–Kier alpha value is -1.90. The van der Waals surface area contributed by atoms with Crippen LogP contribution in [0.3, 0.4) is 0 Å². The van der Waals surface area contributed by atoms with Gasteiger partial charge in [-0.05, 0) is 37.8 Å². The molecule has 0 N–H and O–H groups in total. The molecule has 1 heterocycles. The van der Waals surface area contributed by atoms with Gasteiger partial charge in [0.25, 0.3) is 0 Å². The van der Waals surface area contributed by atoms with Crippen LogP contribution in [0.2, 0.25) is 0 Å². The molecule has 2 aromatic rings. The summed E-state index contributed by atoms with van der Waals surface area (Å²) in [5, 5.41) is 0. The molecule has 0 aliphatic rings. The second kappa shape index (κ2) is 8.81. The van der Waals surface area contributed by atoms with Gasteiger partial charge in [-0.15, -0.1) is 0 Å². The normalized spacial score (nSPS) is 12.2. The predicted octanol–water partition coefficient (Wildman–Crippen LogP) is 5.79. The minimum atomic E-state index is -0.485. The van der Waals surface area contributed by atoms with Crippen LogP contribution in [0.4, 0.5) is 10.2 Å². The Kier molecular flexibility index (Phi) is 6.77.